The lowest BCUT2D eigenvalue weighted by Gasteiger charge is -2.16. The summed E-state index contributed by atoms with van der Waals surface area (Å²) in [7, 11) is 0. The molecule has 12 nitrogen and oxygen atoms in total. The summed E-state index contributed by atoms with van der Waals surface area (Å²) in [6.45, 7) is 1.41. The Balaban J connectivity index is 1.09. The third-order valence-electron chi connectivity index (χ3n) is 5.67. The van der Waals surface area contributed by atoms with Crippen molar-refractivity contribution >= 4 is 41.5 Å². The van der Waals surface area contributed by atoms with Crippen LogP contribution in [-0.4, -0.2) is 90.8 Å². The van der Waals surface area contributed by atoms with Gasteiger partial charge in [0.05, 0.1) is 44.9 Å². The standard InChI is InChI=1S/C21H32N4O8S/c26-16(4-2-1-3-15-20-14(13-34-15)23-21(30)24-20)22-8-10-32-12-11-31-9-7-19(29)33-25-17(27)5-6-18(25)28/h14-15,20H,1-13H2,(H,22,26)(H2,23,24,30). The van der Waals surface area contributed by atoms with Gasteiger partial charge in [-0.2, -0.15) is 11.8 Å². The normalized spacial score (nSPS) is 23.6. The van der Waals surface area contributed by atoms with Crippen LogP contribution < -0.4 is 16.0 Å². The molecule has 3 saturated heterocycles. The van der Waals surface area contributed by atoms with E-state index in [2.05, 4.69) is 16.0 Å². The molecule has 3 rings (SSSR count). The van der Waals surface area contributed by atoms with Crippen LogP contribution in [0, 0.1) is 0 Å². The van der Waals surface area contributed by atoms with Crippen molar-refractivity contribution in [3.8, 4) is 0 Å². The number of carbonyl (C=O) groups is 5. The zero-order valence-corrected chi connectivity index (χ0v) is 19.9. The third kappa shape index (κ3) is 8.13. The molecule has 3 aliphatic heterocycles. The highest BCUT2D eigenvalue weighted by Crippen LogP contribution is 2.33. The third-order valence-corrected chi connectivity index (χ3v) is 7.18. The van der Waals surface area contributed by atoms with E-state index in [0.717, 1.165) is 25.0 Å². The predicted octanol–water partition coefficient (Wildman–Crippen LogP) is -0.141. The maximum absolute atomic E-state index is 11.9. The fourth-order valence-corrected chi connectivity index (χ4v) is 5.45. The van der Waals surface area contributed by atoms with E-state index in [9.17, 15) is 24.0 Å². The van der Waals surface area contributed by atoms with E-state index in [-0.39, 0.29) is 56.5 Å². The number of ether oxygens (including phenoxy) is 2. The maximum Gasteiger partial charge on any atom is 0.335 e. The number of fused-ring (bicyclic) bond motifs is 1. The summed E-state index contributed by atoms with van der Waals surface area (Å²) in [4.78, 5) is 62.4. The van der Waals surface area contributed by atoms with E-state index in [4.69, 9.17) is 14.3 Å². The van der Waals surface area contributed by atoms with Crippen LogP contribution >= 0.6 is 11.8 Å². The molecule has 3 heterocycles. The van der Waals surface area contributed by atoms with Crippen LogP contribution in [0.1, 0.15) is 44.9 Å². The van der Waals surface area contributed by atoms with Crippen LogP contribution in [0.5, 0.6) is 0 Å². The van der Waals surface area contributed by atoms with Crippen molar-refractivity contribution in [3.05, 3.63) is 0 Å². The molecule has 190 valence electrons. The highest BCUT2D eigenvalue weighted by Gasteiger charge is 2.42. The zero-order valence-electron chi connectivity index (χ0n) is 19.0. The molecule has 0 saturated carbocycles. The average molecular weight is 501 g/mol. The van der Waals surface area contributed by atoms with Gasteiger partial charge < -0.3 is 30.3 Å². The first-order valence-electron chi connectivity index (χ1n) is 11.6. The van der Waals surface area contributed by atoms with Crippen molar-refractivity contribution in [2.75, 3.05) is 38.7 Å². The van der Waals surface area contributed by atoms with Gasteiger partial charge in [-0.15, -0.1) is 5.06 Å². The molecular formula is C21H32N4O8S. The summed E-state index contributed by atoms with van der Waals surface area (Å²) in [6.07, 6.45) is 3.22. The molecule has 0 radical (unpaired) electrons. The van der Waals surface area contributed by atoms with Gasteiger partial charge in [-0.25, -0.2) is 9.59 Å². The van der Waals surface area contributed by atoms with Crippen molar-refractivity contribution in [2.24, 2.45) is 0 Å². The van der Waals surface area contributed by atoms with Gasteiger partial charge >= 0.3 is 12.0 Å². The number of nitrogens with zero attached hydrogens (tertiary/aromatic N) is 1. The molecule has 34 heavy (non-hydrogen) atoms. The molecule has 3 fully saturated rings. The zero-order chi connectivity index (χ0) is 24.3. The summed E-state index contributed by atoms with van der Waals surface area (Å²) in [5.41, 5.74) is 0. The lowest BCUT2D eigenvalue weighted by atomic mass is 10.0. The van der Waals surface area contributed by atoms with Gasteiger partial charge in [-0.05, 0) is 12.8 Å². The molecule has 0 aromatic carbocycles. The predicted molar refractivity (Wildman–Crippen MR) is 120 cm³/mol. The summed E-state index contributed by atoms with van der Waals surface area (Å²) in [5, 5.41) is 9.64. The van der Waals surface area contributed by atoms with Crippen LogP contribution in [0.25, 0.3) is 0 Å². The van der Waals surface area contributed by atoms with E-state index in [1.807, 2.05) is 11.8 Å². The maximum atomic E-state index is 11.9. The van der Waals surface area contributed by atoms with Crippen LogP contribution in [0.2, 0.25) is 0 Å². The fourth-order valence-electron chi connectivity index (χ4n) is 3.91. The number of carbonyl (C=O) groups excluding carboxylic acids is 5. The topological polar surface area (TPSA) is 152 Å². The monoisotopic (exact) mass is 500 g/mol. The van der Waals surface area contributed by atoms with Gasteiger partial charge in [0.25, 0.3) is 11.8 Å². The van der Waals surface area contributed by atoms with Gasteiger partial charge in [-0.3, -0.25) is 14.4 Å². The van der Waals surface area contributed by atoms with E-state index in [1.165, 1.54) is 0 Å². The average Bonchev–Trinajstić information content (AvgIpc) is 3.45. The Morgan fingerprint density at radius 2 is 1.71 bits per heavy atom. The summed E-state index contributed by atoms with van der Waals surface area (Å²) < 4.78 is 10.6. The molecule has 13 heteroatoms. The Kier molecular flexibility index (Phi) is 10.4. The molecule has 5 amide bonds. The number of imide groups is 1. The molecule has 0 spiro atoms. The minimum absolute atomic E-state index is 0.0129. The quantitative estimate of drug-likeness (QED) is 0.158. The minimum Gasteiger partial charge on any atom is -0.378 e. The Morgan fingerprint density at radius 3 is 2.47 bits per heavy atom. The van der Waals surface area contributed by atoms with E-state index < -0.39 is 17.8 Å². The molecule has 3 N–H and O–H groups in total. The lowest BCUT2D eigenvalue weighted by Crippen LogP contribution is -2.36. The van der Waals surface area contributed by atoms with E-state index in [0.29, 0.717) is 36.5 Å². The van der Waals surface area contributed by atoms with Gasteiger partial charge in [0.1, 0.15) is 0 Å². The second kappa shape index (κ2) is 13.5. The number of thioether (sulfide) groups is 1. The van der Waals surface area contributed by atoms with Gasteiger partial charge in [0.15, 0.2) is 0 Å². The van der Waals surface area contributed by atoms with Crippen molar-refractivity contribution in [2.45, 2.75) is 62.3 Å². The van der Waals surface area contributed by atoms with Gasteiger partial charge in [0, 0.05) is 36.8 Å². The van der Waals surface area contributed by atoms with Crippen LogP contribution in [0.4, 0.5) is 4.79 Å². The Labute approximate surface area is 202 Å². The van der Waals surface area contributed by atoms with Crippen molar-refractivity contribution in [1.82, 2.24) is 21.0 Å². The number of unbranched alkanes of at least 4 members (excludes halogenated alkanes) is 1. The van der Waals surface area contributed by atoms with Crippen LogP contribution in [-0.2, 0) is 33.5 Å². The van der Waals surface area contributed by atoms with Crippen LogP contribution in [0.15, 0.2) is 0 Å². The van der Waals surface area contributed by atoms with E-state index in [1.54, 1.807) is 0 Å². The van der Waals surface area contributed by atoms with Gasteiger partial charge in [0.2, 0.25) is 5.91 Å². The molecule has 3 aliphatic rings. The van der Waals surface area contributed by atoms with E-state index >= 15 is 0 Å². The largest absolute Gasteiger partial charge is 0.378 e. The molecule has 3 atom stereocenters. The number of hydroxylamine groups is 2. The fraction of sp³-hybridized carbons (Fsp3) is 0.762. The summed E-state index contributed by atoms with van der Waals surface area (Å²) in [6, 6.07) is 0.350. The number of rotatable bonds is 15. The minimum atomic E-state index is -0.708. The highest BCUT2D eigenvalue weighted by atomic mass is 32.2. The van der Waals surface area contributed by atoms with Crippen molar-refractivity contribution in [3.63, 3.8) is 0 Å². The number of nitrogens with one attached hydrogen (secondary N) is 3. The lowest BCUT2D eigenvalue weighted by molar-refractivity contribution is -0.198. The molecule has 3 unspecified atom stereocenters. The Hall–Kier alpha value is -2.38. The SMILES string of the molecule is O=C(CCCCC1SCC2NC(=O)NC21)NCCOCCOCCC(=O)ON1C(=O)CCC1=O. The number of hydrogen-bond donors (Lipinski definition) is 3. The summed E-state index contributed by atoms with van der Waals surface area (Å²) in [5.74, 6) is -0.810. The first-order chi connectivity index (χ1) is 16.4. The molecular weight excluding hydrogens is 468 g/mol. The second-order valence-electron chi connectivity index (χ2n) is 8.24. The molecule has 0 bridgehead atoms. The van der Waals surface area contributed by atoms with Crippen LogP contribution in [0.3, 0.4) is 0 Å². The Morgan fingerprint density at radius 1 is 0.971 bits per heavy atom. The first-order valence-corrected chi connectivity index (χ1v) is 12.7. The summed E-state index contributed by atoms with van der Waals surface area (Å²) >= 11 is 1.88. The molecule has 0 aliphatic carbocycles. The first kappa shape index (κ1) is 26.2. The second-order valence-corrected chi connectivity index (χ2v) is 9.51. The molecule has 0 aromatic rings. The highest BCUT2D eigenvalue weighted by molar-refractivity contribution is 8.00. The number of amides is 5. The number of urea groups is 1. The Bertz CT molecular complexity index is 751. The van der Waals surface area contributed by atoms with Crippen molar-refractivity contribution < 1.29 is 38.3 Å². The molecule has 0 aromatic heterocycles. The van der Waals surface area contributed by atoms with Crippen molar-refractivity contribution in [1.29, 1.82) is 0 Å². The van der Waals surface area contributed by atoms with Gasteiger partial charge in [-0.1, -0.05) is 6.42 Å². The smallest absolute Gasteiger partial charge is 0.335 e. The number of hydrogen-bond acceptors (Lipinski definition) is 9.